The number of hydrogen-bond donors (Lipinski definition) is 0. The Morgan fingerprint density at radius 2 is 0.421 bits per heavy atom. The summed E-state index contributed by atoms with van der Waals surface area (Å²) in [7, 11) is 0. The van der Waals surface area contributed by atoms with Gasteiger partial charge in [-0.05, 0) is 229 Å². The first-order valence-electron chi connectivity index (χ1n) is 43.5. The van der Waals surface area contributed by atoms with E-state index in [9.17, 15) is 0 Å². The van der Waals surface area contributed by atoms with Crippen LogP contribution in [0.3, 0.4) is 0 Å². The third-order valence-electron chi connectivity index (χ3n) is 27.6. The Morgan fingerprint density at radius 3 is 0.738 bits per heavy atom. The zero-order valence-corrected chi connectivity index (χ0v) is 72.5. The third-order valence-corrected chi connectivity index (χ3v) is 29.9. The van der Waals surface area contributed by atoms with Crippen molar-refractivity contribution in [2.75, 3.05) is 19.6 Å². The predicted molar refractivity (Wildman–Crippen MR) is 527 cm³/mol. The smallest absolute Gasteiger partial charge is 0.139 e. The fourth-order valence-electron chi connectivity index (χ4n) is 21.6. The van der Waals surface area contributed by atoms with Gasteiger partial charge in [-0.25, -0.2) is 0 Å². The second kappa shape index (κ2) is 27.4. The van der Waals surface area contributed by atoms with Crippen LogP contribution in [0.1, 0.15) is 99.9 Å². The lowest BCUT2D eigenvalue weighted by molar-refractivity contribution is 0.592. The average Bonchev–Trinajstić information content (AvgIpc) is 1.52. The topological polar surface area (TPSA) is 65.5 Å². The monoisotopic (exact) mass is 1660 g/mol. The van der Waals surface area contributed by atoms with Gasteiger partial charge in [0.15, 0.2) is 0 Å². The largest absolute Gasteiger partial charge is 0.456 e. The van der Waals surface area contributed by atoms with Crippen LogP contribution in [0.25, 0.3) is 130 Å². The maximum Gasteiger partial charge on any atom is 0.139 e. The van der Waals surface area contributed by atoms with Gasteiger partial charge in [-0.15, -0.1) is 22.7 Å². The molecule has 22 aromatic rings. The van der Waals surface area contributed by atoms with Crippen LogP contribution < -0.4 is 19.6 Å². The van der Waals surface area contributed by atoms with Gasteiger partial charge < -0.3 is 37.3 Å². The summed E-state index contributed by atoms with van der Waals surface area (Å²) < 4.78 is 32.3. The number of fused-ring (bicyclic) bond motifs is 26. The zero-order valence-electron chi connectivity index (χ0n) is 70.9. The molecule has 126 heavy (non-hydrogen) atoms. The molecule has 8 nitrogen and oxygen atoms in total. The predicted octanol–water partition coefficient (Wildman–Crippen LogP) is 34.2. The van der Waals surface area contributed by atoms with Crippen LogP contribution in [0.2, 0.25) is 0 Å². The maximum atomic E-state index is 7.17. The van der Waals surface area contributed by atoms with Crippen molar-refractivity contribution in [2.24, 2.45) is 0 Å². The standard InChI is InChI=1S/C58H42N2O3.C58H42N2OS2/c1-57(2)47-31-37(59(35-15-7-5-8-16-35)39-23-27-43-41-19-11-13-21-49(41)61-51(43)33-39)25-29-45(47)55-53(57)54-56(63-55)46-30-26-38(32-48(46)58(54,3)4)60(36-17-9-6-10-18-36)40-24-28-44-42-20-12-14-22-50(42)62-52(44)34-40;1-57(2)47-33-39(59(35-15-7-5-8-16-35)37-25-29-51-45(31-37)41-19-11-13-21-49(41)62-51)23-27-43(47)55-53(57)54-56(61-55)44-28-24-40(34-48(44)58(54,3)4)60(36-17-9-6-10-18-36)38-26-30-52-46(32-38)42-20-12-14-22-50(42)63-52/h2*5-34H,1-4H3. The number of nitrogens with zero attached hydrogens (tertiary/aromatic N) is 4. The summed E-state index contributed by atoms with van der Waals surface area (Å²) in [4.78, 5) is 9.48. The molecular formula is C116H84N4O4S2. The van der Waals surface area contributed by atoms with E-state index >= 15 is 0 Å². The Hall–Kier alpha value is -14.7. The molecule has 0 amide bonds. The molecule has 0 atom stereocenters. The van der Waals surface area contributed by atoms with Crippen LogP contribution >= 0.6 is 22.7 Å². The lowest BCUT2D eigenvalue weighted by Gasteiger charge is -2.30. The fourth-order valence-corrected chi connectivity index (χ4v) is 23.8. The fraction of sp³-hybridized carbons (Fsp3) is 0.103. The minimum absolute atomic E-state index is 0.301. The molecule has 0 aliphatic heterocycles. The van der Waals surface area contributed by atoms with E-state index in [-0.39, 0.29) is 21.7 Å². The molecule has 604 valence electrons. The van der Waals surface area contributed by atoms with Gasteiger partial charge in [-0.2, -0.15) is 0 Å². The summed E-state index contributed by atoms with van der Waals surface area (Å²) in [5.74, 6) is 3.98. The van der Waals surface area contributed by atoms with Gasteiger partial charge in [-0.1, -0.05) is 201 Å². The summed E-state index contributed by atoms with van der Waals surface area (Å²) in [5, 5.41) is 9.67. The van der Waals surface area contributed by atoms with Crippen LogP contribution in [0.4, 0.5) is 68.2 Å². The van der Waals surface area contributed by atoms with E-state index in [4.69, 9.17) is 17.7 Å². The Kier molecular flexibility index (Phi) is 16.1. The first-order chi connectivity index (χ1) is 61.5. The molecule has 0 unspecified atom stereocenters. The van der Waals surface area contributed by atoms with Gasteiger partial charge in [0.05, 0.1) is 0 Å². The van der Waals surface area contributed by atoms with Crippen molar-refractivity contribution in [3.05, 3.63) is 408 Å². The summed E-state index contributed by atoms with van der Waals surface area (Å²) in [5.41, 5.74) is 30.4. The van der Waals surface area contributed by atoms with Crippen LogP contribution in [0.5, 0.6) is 0 Å². The molecule has 16 aromatic carbocycles. The van der Waals surface area contributed by atoms with E-state index in [0.29, 0.717) is 0 Å². The van der Waals surface area contributed by atoms with Crippen molar-refractivity contribution < 1.29 is 17.7 Å². The number of rotatable bonds is 12. The Labute approximate surface area is 737 Å². The average molecular weight is 1660 g/mol. The van der Waals surface area contributed by atoms with E-state index in [1.807, 2.05) is 46.9 Å². The van der Waals surface area contributed by atoms with E-state index in [1.165, 1.54) is 96.0 Å². The number of para-hydroxylation sites is 6. The molecular weight excluding hydrogens is 1580 g/mol. The molecule has 6 aromatic heterocycles. The highest BCUT2D eigenvalue weighted by atomic mass is 32.1. The number of thiophene rings is 2. The maximum absolute atomic E-state index is 7.17. The first-order valence-corrected chi connectivity index (χ1v) is 45.1. The SMILES string of the molecule is CC1(C)c2cc(N(c3ccccc3)c3ccc4c(c3)oc3ccccc34)ccc2-c2oc3c(c21)C(C)(C)c1cc(N(c2ccccc2)c2ccc4c(c2)oc2ccccc24)ccc1-3.CC1(C)c2cc(N(c3ccccc3)c3ccc4sc5ccccc5c4c3)ccc2-c2oc3c(c21)C(C)(C)c1cc(N(c2ccccc2)c2ccc4sc5ccccc5c4c2)ccc1-3. The van der Waals surface area contributed by atoms with Crippen LogP contribution in [-0.4, -0.2) is 0 Å². The van der Waals surface area contributed by atoms with Crippen LogP contribution in [0, 0.1) is 0 Å². The normalized spacial score (nSPS) is 14.3. The summed E-state index contributed by atoms with van der Waals surface area (Å²) in [6, 6.07) is 131. The minimum Gasteiger partial charge on any atom is -0.456 e. The summed E-state index contributed by atoms with van der Waals surface area (Å²) in [6.45, 7) is 19.0. The van der Waals surface area contributed by atoms with E-state index in [0.717, 1.165) is 146 Å². The molecule has 6 heterocycles. The van der Waals surface area contributed by atoms with Crippen molar-refractivity contribution in [2.45, 2.75) is 77.0 Å². The molecule has 0 saturated carbocycles. The lowest BCUT2D eigenvalue weighted by atomic mass is 9.74. The van der Waals surface area contributed by atoms with Crippen molar-refractivity contribution in [1.29, 1.82) is 0 Å². The second-order valence-corrected chi connectivity index (χ2v) is 38.4. The zero-order chi connectivity index (χ0) is 84.4. The highest BCUT2D eigenvalue weighted by molar-refractivity contribution is 7.26. The van der Waals surface area contributed by atoms with E-state index in [2.05, 4.69) is 415 Å². The van der Waals surface area contributed by atoms with E-state index < -0.39 is 0 Å². The molecule has 10 heteroatoms. The second-order valence-electron chi connectivity index (χ2n) is 36.2. The minimum atomic E-state index is -0.330. The lowest BCUT2D eigenvalue weighted by Crippen LogP contribution is -2.23. The van der Waals surface area contributed by atoms with Crippen molar-refractivity contribution >= 4 is 175 Å². The van der Waals surface area contributed by atoms with Crippen LogP contribution in [-0.2, 0) is 21.7 Å². The Balaban J connectivity index is 0.000000137. The summed E-state index contributed by atoms with van der Waals surface area (Å²) >= 11 is 3.72. The summed E-state index contributed by atoms with van der Waals surface area (Å²) in [6.07, 6.45) is 0. The van der Waals surface area contributed by atoms with Crippen LogP contribution in [0.15, 0.2) is 382 Å². The quantitative estimate of drug-likeness (QED) is 0.120. The molecule has 0 spiro atoms. The van der Waals surface area contributed by atoms with Crippen molar-refractivity contribution in [3.8, 4) is 45.3 Å². The molecule has 0 fully saturated rings. The number of furan rings is 4. The molecule has 0 N–H and O–H groups in total. The van der Waals surface area contributed by atoms with Gasteiger partial charge >= 0.3 is 0 Å². The molecule has 0 bridgehead atoms. The van der Waals surface area contributed by atoms with Gasteiger partial charge in [-0.3, -0.25) is 0 Å². The highest BCUT2D eigenvalue weighted by Crippen LogP contribution is 2.65. The number of benzene rings is 16. The first kappa shape index (κ1) is 74.0. The van der Waals surface area contributed by atoms with Gasteiger partial charge in [0, 0.05) is 208 Å². The molecule has 26 rings (SSSR count). The Bertz CT molecular complexity index is 7780. The van der Waals surface area contributed by atoms with E-state index in [1.54, 1.807) is 0 Å². The van der Waals surface area contributed by atoms with Gasteiger partial charge in [0.1, 0.15) is 45.4 Å². The molecule has 0 radical (unpaired) electrons. The third kappa shape index (κ3) is 11.0. The molecule has 4 aliphatic carbocycles. The molecule has 0 saturated heterocycles. The van der Waals surface area contributed by atoms with Crippen molar-refractivity contribution in [1.82, 2.24) is 0 Å². The van der Waals surface area contributed by atoms with Crippen molar-refractivity contribution in [3.63, 3.8) is 0 Å². The number of anilines is 12. The van der Waals surface area contributed by atoms with Gasteiger partial charge in [0.2, 0.25) is 0 Å². The highest BCUT2D eigenvalue weighted by Gasteiger charge is 2.52. The van der Waals surface area contributed by atoms with Gasteiger partial charge in [0.25, 0.3) is 0 Å². The Morgan fingerprint density at radius 1 is 0.183 bits per heavy atom. The molecule has 4 aliphatic rings. The number of hydrogen-bond acceptors (Lipinski definition) is 10.